The number of nitriles is 1. The van der Waals surface area contributed by atoms with Gasteiger partial charge in [-0.1, -0.05) is 0 Å². The van der Waals surface area contributed by atoms with E-state index in [1.807, 2.05) is 0 Å². The number of nitrogens with one attached hydrogen (secondary N) is 1. The van der Waals surface area contributed by atoms with Gasteiger partial charge in [0.2, 0.25) is 0 Å². The molecule has 0 saturated carbocycles. The number of hydrogen-bond acceptors (Lipinski definition) is 5. The molecule has 1 aliphatic heterocycles. The Morgan fingerprint density at radius 2 is 2.13 bits per heavy atom. The fourth-order valence-corrected chi connectivity index (χ4v) is 1.55. The average Bonchev–Trinajstić information content (AvgIpc) is 2.22. The molecule has 84 valence electrons. The molecule has 1 N–H and O–H groups in total. The molecule has 5 nitrogen and oxygen atoms in total. The van der Waals surface area contributed by atoms with Crippen LogP contribution in [0.1, 0.15) is 0 Å². The van der Waals surface area contributed by atoms with Crippen molar-refractivity contribution in [2.24, 2.45) is 0 Å². The number of nitrogens with zero attached hydrogens (tertiary/aromatic N) is 3. The molecule has 0 unspecified atom stereocenters. The molecule has 0 atom stereocenters. The number of piperazine rings is 1. The van der Waals surface area contributed by atoms with Gasteiger partial charge in [0.25, 0.3) is 6.26 Å². The molecule has 0 aliphatic carbocycles. The van der Waals surface area contributed by atoms with Crippen LogP contribution in [0, 0.1) is 11.5 Å². The summed E-state index contributed by atoms with van der Waals surface area (Å²) in [5, 5.41) is 11.3. The first-order valence-corrected chi connectivity index (χ1v) is 5.09. The van der Waals surface area contributed by atoms with Crippen molar-refractivity contribution in [3.63, 3.8) is 0 Å². The molecule has 1 aliphatic rings. The van der Waals surface area contributed by atoms with E-state index >= 15 is 0 Å². The molecule has 15 heavy (non-hydrogen) atoms. The van der Waals surface area contributed by atoms with Crippen molar-refractivity contribution in [2.75, 3.05) is 46.8 Å². The lowest BCUT2D eigenvalue weighted by molar-refractivity contribution is 0.148. The van der Waals surface area contributed by atoms with Crippen LogP contribution in [0.4, 0.5) is 0 Å². The number of ether oxygens (including phenoxy) is 1. The molecular weight excluding hydrogens is 192 g/mol. The van der Waals surface area contributed by atoms with E-state index in [-0.39, 0.29) is 0 Å². The summed E-state index contributed by atoms with van der Waals surface area (Å²) in [5.41, 5.74) is 0. The highest BCUT2D eigenvalue weighted by Crippen LogP contribution is 2.04. The van der Waals surface area contributed by atoms with E-state index < -0.39 is 0 Å². The predicted octanol–water partition coefficient (Wildman–Crippen LogP) is -0.208. The van der Waals surface area contributed by atoms with Crippen molar-refractivity contribution in [1.82, 2.24) is 15.1 Å². The van der Waals surface area contributed by atoms with Crippen molar-refractivity contribution in [1.29, 1.82) is 5.26 Å². The summed E-state index contributed by atoms with van der Waals surface area (Å²) in [5.74, 6) is 0.671. The molecule has 0 aromatic carbocycles. The summed E-state index contributed by atoms with van der Waals surface area (Å²) in [6, 6.07) is 0. The third-order valence-corrected chi connectivity index (χ3v) is 2.46. The molecule has 0 aromatic heterocycles. The van der Waals surface area contributed by atoms with Crippen LogP contribution in [0.5, 0.6) is 0 Å². The van der Waals surface area contributed by atoms with E-state index in [0.29, 0.717) is 12.3 Å². The minimum Gasteiger partial charge on any atom is -0.391 e. The SMILES string of the molecule is CN/C=C(/CN1CCN(C)CC1)OC#N. The maximum atomic E-state index is 8.47. The van der Waals surface area contributed by atoms with Crippen molar-refractivity contribution in [3.8, 4) is 6.26 Å². The Morgan fingerprint density at radius 3 is 2.67 bits per heavy atom. The van der Waals surface area contributed by atoms with E-state index in [4.69, 9.17) is 10.00 Å². The quantitative estimate of drug-likeness (QED) is 0.514. The van der Waals surface area contributed by atoms with Gasteiger partial charge in [0, 0.05) is 39.4 Å². The van der Waals surface area contributed by atoms with Crippen molar-refractivity contribution in [3.05, 3.63) is 12.0 Å². The van der Waals surface area contributed by atoms with Crippen LogP contribution in [0.25, 0.3) is 0 Å². The largest absolute Gasteiger partial charge is 0.391 e. The maximum absolute atomic E-state index is 8.47. The smallest absolute Gasteiger partial charge is 0.292 e. The van der Waals surface area contributed by atoms with Crippen LogP contribution >= 0.6 is 0 Å². The first-order valence-electron chi connectivity index (χ1n) is 5.09. The molecular formula is C10H18N4O. The van der Waals surface area contributed by atoms with E-state index in [1.165, 1.54) is 0 Å². The monoisotopic (exact) mass is 210 g/mol. The van der Waals surface area contributed by atoms with Gasteiger partial charge in [-0.25, -0.2) is 0 Å². The Balaban J connectivity index is 2.38. The summed E-state index contributed by atoms with van der Waals surface area (Å²) >= 11 is 0. The Labute approximate surface area is 90.9 Å². The van der Waals surface area contributed by atoms with Crippen LogP contribution in [-0.4, -0.2) is 56.6 Å². The van der Waals surface area contributed by atoms with Crippen molar-refractivity contribution in [2.45, 2.75) is 0 Å². The van der Waals surface area contributed by atoms with Gasteiger partial charge in [-0.05, 0) is 7.05 Å². The van der Waals surface area contributed by atoms with E-state index in [2.05, 4.69) is 22.2 Å². The lowest BCUT2D eigenvalue weighted by Crippen LogP contribution is -2.45. The van der Waals surface area contributed by atoms with Crippen LogP contribution < -0.4 is 5.32 Å². The molecule has 0 radical (unpaired) electrons. The Hall–Kier alpha value is -1.25. The highest BCUT2D eigenvalue weighted by Gasteiger charge is 2.15. The Morgan fingerprint density at radius 1 is 1.47 bits per heavy atom. The molecule has 0 bridgehead atoms. The van der Waals surface area contributed by atoms with Gasteiger partial charge in [-0.3, -0.25) is 4.90 Å². The minimum atomic E-state index is 0.671. The summed E-state index contributed by atoms with van der Waals surface area (Å²) in [6.07, 6.45) is 3.43. The van der Waals surface area contributed by atoms with Crippen molar-refractivity contribution < 1.29 is 4.74 Å². The fourth-order valence-electron chi connectivity index (χ4n) is 1.55. The van der Waals surface area contributed by atoms with Gasteiger partial charge < -0.3 is 15.0 Å². The summed E-state index contributed by atoms with van der Waals surface area (Å²) in [4.78, 5) is 4.57. The fraction of sp³-hybridized carbons (Fsp3) is 0.700. The van der Waals surface area contributed by atoms with Gasteiger partial charge in [-0.15, -0.1) is 5.26 Å². The second-order valence-electron chi connectivity index (χ2n) is 3.67. The molecule has 1 heterocycles. The number of likely N-dealkylation sites (N-methyl/N-ethyl adjacent to an activating group) is 1. The summed E-state index contributed by atoms with van der Waals surface area (Å²) in [7, 11) is 3.91. The van der Waals surface area contributed by atoms with Crippen LogP contribution in [0.3, 0.4) is 0 Å². The second kappa shape index (κ2) is 6.27. The Bertz CT molecular complexity index is 251. The predicted molar refractivity (Wildman–Crippen MR) is 57.8 cm³/mol. The van der Waals surface area contributed by atoms with Gasteiger partial charge in [0.15, 0.2) is 0 Å². The van der Waals surface area contributed by atoms with Gasteiger partial charge in [0.05, 0.1) is 6.54 Å². The number of rotatable bonds is 4. The van der Waals surface area contributed by atoms with Gasteiger partial charge in [-0.2, -0.15) is 0 Å². The topological polar surface area (TPSA) is 51.5 Å². The molecule has 0 aromatic rings. The van der Waals surface area contributed by atoms with Crippen LogP contribution in [0.2, 0.25) is 0 Å². The van der Waals surface area contributed by atoms with Crippen LogP contribution in [0.15, 0.2) is 12.0 Å². The second-order valence-corrected chi connectivity index (χ2v) is 3.67. The third kappa shape index (κ3) is 4.19. The molecule has 1 fully saturated rings. The first kappa shape index (κ1) is 11.8. The zero-order valence-corrected chi connectivity index (χ0v) is 9.36. The van der Waals surface area contributed by atoms with Gasteiger partial charge in [0.1, 0.15) is 5.76 Å². The molecule has 1 rings (SSSR count). The molecule has 0 spiro atoms. The zero-order valence-electron chi connectivity index (χ0n) is 9.36. The highest BCUT2D eigenvalue weighted by molar-refractivity contribution is 4.97. The van der Waals surface area contributed by atoms with E-state index in [0.717, 1.165) is 26.2 Å². The lowest BCUT2D eigenvalue weighted by atomic mass is 10.3. The normalized spacial score (nSPS) is 19.7. The zero-order chi connectivity index (χ0) is 11.1. The van der Waals surface area contributed by atoms with Gasteiger partial charge >= 0.3 is 0 Å². The molecule has 1 saturated heterocycles. The number of hydrogen-bond donors (Lipinski definition) is 1. The van der Waals surface area contributed by atoms with Crippen LogP contribution in [-0.2, 0) is 4.74 Å². The molecule has 0 amide bonds. The van der Waals surface area contributed by atoms with Crippen molar-refractivity contribution >= 4 is 0 Å². The summed E-state index contributed by atoms with van der Waals surface area (Å²) < 4.78 is 4.86. The standard InChI is InChI=1S/C10H18N4O/c1-12-7-10(15-9-11)8-14-5-3-13(2)4-6-14/h7,12H,3-6,8H2,1-2H3/b10-7-. The highest BCUT2D eigenvalue weighted by atomic mass is 16.5. The maximum Gasteiger partial charge on any atom is 0.292 e. The molecule has 5 heteroatoms. The van der Waals surface area contributed by atoms with E-state index in [9.17, 15) is 0 Å². The minimum absolute atomic E-state index is 0.671. The lowest BCUT2D eigenvalue weighted by Gasteiger charge is -2.32. The third-order valence-electron chi connectivity index (χ3n) is 2.46. The first-order chi connectivity index (χ1) is 7.26. The average molecular weight is 210 g/mol. The Kier molecular flexibility index (Phi) is 4.95. The summed E-state index contributed by atoms with van der Waals surface area (Å²) in [6.45, 7) is 4.87. The van der Waals surface area contributed by atoms with E-state index in [1.54, 1.807) is 19.5 Å².